The van der Waals surface area contributed by atoms with Crippen LogP contribution in [0, 0.1) is 5.92 Å². The van der Waals surface area contributed by atoms with Crippen molar-refractivity contribution in [3.63, 3.8) is 0 Å². The lowest BCUT2D eigenvalue weighted by Crippen LogP contribution is -2.28. The van der Waals surface area contributed by atoms with Gasteiger partial charge in [0.25, 0.3) is 0 Å². The Morgan fingerprint density at radius 1 is 1.20 bits per heavy atom. The van der Waals surface area contributed by atoms with Gasteiger partial charge in [-0.1, -0.05) is 26.0 Å². The Labute approximate surface area is 127 Å². The Bertz CT molecular complexity index is 412. The molecule has 20 heavy (non-hydrogen) atoms. The molecule has 1 atom stereocenters. The summed E-state index contributed by atoms with van der Waals surface area (Å²) in [5, 5.41) is 3.66. The third kappa shape index (κ3) is 4.42. The number of benzene rings is 1. The summed E-state index contributed by atoms with van der Waals surface area (Å²) in [4.78, 5) is 0. The first-order chi connectivity index (χ1) is 9.54. The fourth-order valence-electron chi connectivity index (χ4n) is 2.17. The number of ether oxygens (including phenoxy) is 1. The van der Waals surface area contributed by atoms with E-state index in [4.69, 9.17) is 4.74 Å². The molecule has 0 spiro atoms. The first-order valence-electron chi connectivity index (χ1n) is 7.56. The number of nitrogens with one attached hydrogen (secondary N) is 1. The number of hydrogen-bond donors (Lipinski definition) is 1. The Morgan fingerprint density at radius 3 is 2.35 bits per heavy atom. The highest BCUT2D eigenvalue weighted by Crippen LogP contribution is 2.46. The minimum absolute atomic E-state index is 0.402. The lowest BCUT2D eigenvalue weighted by Gasteiger charge is -2.19. The van der Waals surface area contributed by atoms with Gasteiger partial charge in [-0.2, -0.15) is 11.8 Å². The van der Waals surface area contributed by atoms with Crippen LogP contribution in [0.15, 0.2) is 24.3 Å². The van der Waals surface area contributed by atoms with Crippen LogP contribution < -0.4 is 10.1 Å². The fourth-order valence-corrected chi connectivity index (χ4v) is 2.90. The predicted octanol–water partition coefficient (Wildman–Crippen LogP) is 4.27. The zero-order chi connectivity index (χ0) is 14.6. The van der Waals surface area contributed by atoms with Crippen LogP contribution in [0.1, 0.15) is 45.2 Å². The van der Waals surface area contributed by atoms with Crippen molar-refractivity contribution >= 4 is 11.8 Å². The lowest BCUT2D eigenvalue weighted by atomic mass is 10.1. The molecule has 0 aromatic heterocycles. The number of hydrogen-bond acceptors (Lipinski definition) is 3. The molecule has 1 saturated carbocycles. The molecule has 1 unspecified atom stereocenters. The van der Waals surface area contributed by atoms with E-state index in [1.165, 1.54) is 18.4 Å². The summed E-state index contributed by atoms with van der Waals surface area (Å²) in [5.74, 6) is 1.54. The van der Waals surface area contributed by atoms with Crippen LogP contribution >= 0.6 is 11.8 Å². The highest BCUT2D eigenvalue weighted by Gasteiger charge is 2.41. The quantitative estimate of drug-likeness (QED) is 0.773. The summed E-state index contributed by atoms with van der Waals surface area (Å²) >= 11 is 2.00. The van der Waals surface area contributed by atoms with Crippen LogP contribution in [0.4, 0.5) is 0 Å². The van der Waals surface area contributed by atoms with E-state index < -0.39 is 0 Å². The van der Waals surface area contributed by atoms with Crippen molar-refractivity contribution in [3.05, 3.63) is 29.8 Å². The van der Waals surface area contributed by atoms with Gasteiger partial charge in [0.15, 0.2) is 0 Å². The van der Waals surface area contributed by atoms with Gasteiger partial charge in [-0.15, -0.1) is 0 Å². The molecular weight excluding hydrogens is 266 g/mol. The topological polar surface area (TPSA) is 21.3 Å². The molecule has 0 saturated heterocycles. The molecule has 1 fully saturated rings. The molecule has 0 radical (unpaired) electrons. The molecule has 1 aliphatic rings. The Kier molecular flexibility index (Phi) is 5.39. The van der Waals surface area contributed by atoms with Crippen molar-refractivity contribution < 1.29 is 4.74 Å². The molecule has 112 valence electrons. The van der Waals surface area contributed by atoms with Crippen LogP contribution in [0.25, 0.3) is 0 Å². The van der Waals surface area contributed by atoms with Crippen LogP contribution in [0.2, 0.25) is 0 Å². The van der Waals surface area contributed by atoms with Gasteiger partial charge in [0.1, 0.15) is 5.75 Å². The molecule has 0 aliphatic heterocycles. The largest absolute Gasteiger partial charge is 0.493 e. The van der Waals surface area contributed by atoms with Crippen LogP contribution in [0.3, 0.4) is 0 Å². The molecule has 0 amide bonds. The van der Waals surface area contributed by atoms with Gasteiger partial charge in [-0.3, -0.25) is 0 Å². The average molecular weight is 293 g/mol. The van der Waals surface area contributed by atoms with E-state index >= 15 is 0 Å². The normalized spacial score (nSPS) is 18.1. The Morgan fingerprint density at radius 2 is 1.85 bits per heavy atom. The smallest absolute Gasteiger partial charge is 0.119 e. The fraction of sp³-hybridized carbons (Fsp3) is 0.647. The van der Waals surface area contributed by atoms with Crippen molar-refractivity contribution in [2.75, 3.05) is 19.4 Å². The van der Waals surface area contributed by atoms with E-state index in [0.29, 0.717) is 16.7 Å². The molecule has 1 aliphatic carbocycles. The van der Waals surface area contributed by atoms with Crippen LogP contribution in [-0.4, -0.2) is 24.2 Å². The van der Waals surface area contributed by atoms with Gasteiger partial charge in [-0.25, -0.2) is 0 Å². The first kappa shape index (κ1) is 15.7. The van der Waals surface area contributed by atoms with Crippen LogP contribution in [0.5, 0.6) is 5.75 Å². The molecule has 1 aromatic carbocycles. The zero-order valence-corrected chi connectivity index (χ0v) is 13.9. The number of rotatable bonds is 8. The third-order valence-electron chi connectivity index (χ3n) is 3.93. The van der Waals surface area contributed by atoms with E-state index in [1.54, 1.807) is 0 Å². The van der Waals surface area contributed by atoms with Crippen molar-refractivity contribution in [2.45, 2.75) is 44.4 Å². The molecule has 2 nitrogen and oxygen atoms in total. The Balaban J connectivity index is 1.82. The van der Waals surface area contributed by atoms with Crippen molar-refractivity contribution in [1.29, 1.82) is 0 Å². The second-order valence-electron chi connectivity index (χ2n) is 6.26. The van der Waals surface area contributed by atoms with Gasteiger partial charge >= 0.3 is 0 Å². The summed E-state index contributed by atoms with van der Waals surface area (Å²) < 4.78 is 6.24. The minimum Gasteiger partial charge on any atom is -0.493 e. The molecular formula is C17H27NOS. The maximum Gasteiger partial charge on any atom is 0.119 e. The monoisotopic (exact) mass is 293 g/mol. The summed E-state index contributed by atoms with van der Waals surface area (Å²) in [6.07, 6.45) is 4.94. The second-order valence-corrected chi connectivity index (χ2v) is 7.54. The first-order valence-corrected chi connectivity index (χ1v) is 8.78. The average Bonchev–Trinajstić information content (AvgIpc) is 3.24. The van der Waals surface area contributed by atoms with E-state index in [1.807, 2.05) is 11.8 Å². The van der Waals surface area contributed by atoms with E-state index in [-0.39, 0.29) is 0 Å². The molecule has 2 rings (SSSR count). The molecule has 1 N–H and O–H groups in total. The van der Waals surface area contributed by atoms with Gasteiger partial charge in [0.05, 0.1) is 6.61 Å². The van der Waals surface area contributed by atoms with Crippen molar-refractivity contribution in [1.82, 2.24) is 5.32 Å². The maximum absolute atomic E-state index is 5.72. The Hall–Kier alpha value is -0.670. The summed E-state index contributed by atoms with van der Waals surface area (Å²) in [7, 11) is 0. The molecule has 3 heteroatoms. The second kappa shape index (κ2) is 6.86. The van der Waals surface area contributed by atoms with E-state index in [9.17, 15) is 0 Å². The third-order valence-corrected chi connectivity index (χ3v) is 5.35. The predicted molar refractivity (Wildman–Crippen MR) is 88.7 cm³/mol. The van der Waals surface area contributed by atoms with Gasteiger partial charge in [0.2, 0.25) is 0 Å². The maximum atomic E-state index is 5.72. The van der Waals surface area contributed by atoms with Gasteiger partial charge < -0.3 is 10.1 Å². The van der Waals surface area contributed by atoms with Crippen molar-refractivity contribution in [2.24, 2.45) is 5.92 Å². The highest BCUT2D eigenvalue weighted by molar-refractivity contribution is 8.00. The van der Waals surface area contributed by atoms with Crippen molar-refractivity contribution in [3.8, 4) is 5.75 Å². The standard InChI is InChI=1S/C17H27NOS/c1-13(2)11-19-16-7-5-15(6-8-16)14(3)18-12-17(20-4)9-10-17/h5-8,13-14,18H,9-12H2,1-4H3. The van der Waals surface area contributed by atoms with Gasteiger partial charge in [0, 0.05) is 17.3 Å². The van der Waals surface area contributed by atoms with E-state index in [0.717, 1.165) is 18.9 Å². The minimum atomic E-state index is 0.402. The van der Waals surface area contributed by atoms with Gasteiger partial charge in [-0.05, 0) is 49.6 Å². The highest BCUT2D eigenvalue weighted by atomic mass is 32.2. The number of thioether (sulfide) groups is 1. The summed E-state index contributed by atoms with van der Waals surface area (Å²) in [6.45, 7) is 8.46. The summed E-state index contributed by atoms with van der Waals surface area (Å²) in [5.41, 5.74) is 1.33. The van der Waals surface area contributed by atoms with Crippen LogP contribution in [-0.2, 0) is 0 Å². The zero-order valence-electron chi connectivity index (χ0n) is 13.1. The lowest BCUT2D eigenvalue weighted by molar-refractivity contribution is 0.271. The SMILES string of the molecule is CSC1(CNC(C)c2ccc(OCC(C)C)cc2)CC1. The molecule has 1 aromatic rings. The molecule has 0 heterocycles. The molecule has 0 bridgehead atoms. The van der Waals surface area contributed by atoms with E-state index in [2.05, 4.69) is 56.6 Å². The summed E-state index contributed by atoms with van der Waals surface area (Å²) in [6, 6.07) is 8.91.